The monoisotopic (exact) mass is 583 g/mol. The first-order valence-electron chi connectivity index (χ1n) is 11.8. The third-order valence-electron chi connectivity index (χ3n) is 5.50. The van der Waals surface area contributed by atoms with Crippen LogP contribution in [0.25, 0.3) is 11.1 Å². The number of nitrogens with two attached hydrogens (primary N) is 1. The smallest absolute Gasteiger partial charge is 0.268 e. The summed E-state index contributed by atoms with van der Waals surface area (Å²) < 4.78 is 30.7. The summed E-state index contributed by atoms with van der Waals surface area (Å²) in [4.78, 5) is 12.4. The molecule has 208 valence electrons. The SMILES string of the molecule is CCCOc1cc(-c2ccc(CCNC[C@@H](O)c3ccc(N)cc3)cc2)ccc1C(=O)NS(C)(=O)=O.Cl.Cl. The lowest BCUT2D eigenvalue weighted by Gasteiger charge is -2.14. The summed E-state index contributed by atoms with van der Waals surface area (Å²) in [5.41, 5.74) is 10.3. The molecule has 0 saturated heterocycles. The minimum absolute atomic E-state index is 0. The first kappa shape index (κ1) is 33.2. The zero-order chi connectivity index (χ0) is 26.1. The van der Waals surface area contributed by atoms with Crippen LogP contribution in [0, 0.1) is 0 Å². The third kappa shape index (κ3) is 10.2. The molecule has 0 spiro atoms. The fourth-order valence-corrected chi connectivity index (χ4v) is 4.06. The van der Waals surface area contributed by atoms with Crippen LogP contribution in [0.3, 0.4) is 0 Å². The summed E-state index contributed by atoms with van der Waals surface area (Å²) in [5.74, 6) is -0.386. The van der Waals surface area contributed by atoms with Crippen LogP contribution in [0.15, 0.2) is 66.7 Å². The Kier molecular flexibility index (Phi) is 13.6. The Labute approximate surface area is 236 Å². The van der Waals surface area contributed by atoms with Crippen LogP contribution in [-0.4, -0.2) is 45.4 Å². The molecule has 0 aliphatic rings. The van der Waals surface area contributed by atoms with E-state index >= 15 is 0 Å². The highest BCUT2D eigenvalue weighted by Gasteiger charge is 2.17. The number of rotatable bonds is 12. The summed E-state index contributed by atoms with van der Waals surface area (Å²) in [7, 11) is -3.68. The zero-order valence-corrected chi connectivity index (χ0v) is 23.8. The molecular weight excluding hydrogens is 549 g/mol. The van der Waals surface area contributed by atoms with Gasteiger partial charge in [0.05, 0.1) is 24.5 Å². The summed E-state index contributed by atoms with van der Waals surface area (Å²) in [6.45, 7) is 3.51. The second-order valence-electron chi connectivity index (χ2n) is 8.60. The number of nitrogens with one attached hydrogen (secondary N) is 2. The number of amides is 1. The van der Waals surface area contributed by atoms with E-state index in [2.05, 4.69) is 5.32 Å². The lowest BCUT2D eigenvalue weighted by atomic mass is 10.0. The second-order valence-corrected chi connectivity index (χ2v) is 10.3. The van der Waals surface area contributed by atoms with Gasteiger partial charge < -0.3 is 20.9 Å². The van der Waals surface area contributed by atoms with Gasteiger partial charge in [-0.3, -0.25) is 4.79 Å². The van der Waals surface area contributed by atoms with Crippen molar-refractivity contribution >= 4 is 46.4 Å². The van der Waals surface area contributed by atoms with E-state index in [0.29, 0.717) is 31.1 Å². The zero-order valence-electron chi connectivity index (χ0n) is 21.3. The maximum Gasteiger partial charge on any atom is 0.268 e. The van der Waals surface area contributed by atoms with Crippen molar-refractivity contribution in [1.82, 2.24) is 10.0 Å². The molecule has 8 nitrogen and oxygen atoms in total. The molecule has 0 unspecified atom stereocenters. The molecule has 1 atom stereocenters. The van der Waals surface area contributed by atoms with Gasteiger partial charge in [0.15, 0.2) is 0 Å². The van der Waals surface area contributed by atoms with Gasteiger partial charge in [0, 0.05) is 12.2 Å². The molecule has 1 amide bonds. The van der Waals surface area contributed by atoms with Gasteiger partial charge in [-0.1, -0.05) is 49.4 Å². The van der Waals surface area contributed by atoms with Gasteiger partial charge in [0.25, 0.3) is 5.91 Å². The highest BCUT2D eigenvalue weighted by Crippen LogP contribution is 2.28. The molecule has 3 aromatic rings. The fourth-order valence-electron chi connectivity index (χ4n) is 3.62. The van der Waals surface area contributed by atoms with Crippen LogP contribution in [0.5, 0.6) is 5.75 Å². The number of carbonyl (C=O) groups excluding carboxylic acids is 1. The fraction of sp³-hybridized carbons (Fsp3) is 0.296. The first-order chi connectivity index (χ1) is 17.2. The Morgan fingerprint density at radius 2 is 1.63 bits per heavy atom. The number of nitrogen functional groups attached to an aromatic ring is 1. The Morgan fingerprint density at radius 3 is 2.24 bits per heavy atom. The predicted molar refractivity (Wildman–Crippen MR) is 157 cm³/mol. The molecule has 0 aliphatic carbocycles. The van der Waals surface area contributed by atoms with Gasteiger partial charge in [0.1, 0.15) is 5.75 Å². The molecule has 3 rings (SSSR count). The van der Waals surface area contributed by atoms with Gasteiger partial charge in [-0.05, 0) is 65.9 Å². The molecule has 0 aliphatic heterocycles. The average molecular weight is 585 g/mol. The average Bonchev–Trinajstić information content (AvgIpc) is 2.85. The van der Waals surface area contributed by atoms with Crippen LogP contribution < -0.4 is 20.5 Å². The highest BCUT2D eigenvalue weighted by molar-refractivity contribution is 7.89. The number of sulfonamides is 1. The quantitative estimate of drug-likeness (QED) is 0.186. The number of aliphatic hydroxyl groups is 1. The summed E-state index contributed by atoms with van der Waals surface area (Å²) in [6.07, 6.45) is 1.88. The summed E-state index contributed by atoms with van der Waals surface area (Å²) in [5, 5.41) is 13.6. The van der Waals surface area contributed by atoms with Gasteiger partial charge in [-0.25, -0.2) is 13.1 Å². The normalized spacial score (nSPS) is 11.6. The molecule has 0 bridgehead atoms. The number of hydrogen-bond acceptors (Lipinski definition) is 7. The molecule has 5 N–H and O–H groups in total. The molecule has 0 aromatic heterocycles. The van der Waals surface area contributed by atoms with E-state index in [9.17, 15) is 18.3 Å². The largest absolute Gasteiger partial charge is 0.493 e. The number of anilines is 1. The lowest BCUT2D eigenvalue weighted by Crippen LogP contribution is -2.29. The maximum atomic E-state index is 12.4. The van der Waals surface area contributed by atoms with E-state index in [1.807, 2.05) is 48.0 Å². The van der Waals surface area contributed by atoms with Gasteiger partial charge in [0.2, 0.25) is 10.0 Å². The maximum absolute atomic E-state index is 12.4. The van der Waals surface area contributed by atoms with E-state index in [1.54, 1.807) is 30.3 Å². The van der Waals surface area contributed by atoms with Crippen molar-refractivity contribution in [1.29, 1.82) is 0 Å². The highest BCUT2D eigenvalue weighted by atomic mass is 35.5. The van der Waals surface area contributed by atoms with Crippen LogP contribution in [-0.2, 0) is 16.4 Å². The van der Waals surface area contributed by atoms with E-state index in [-0.39, 0.29) is 30.4 Å². The van der Waals surface area contributed by atoms with Crippen molar-refractivity contribution in [2.45, 2.75) is 25.9 Å². The Morgan fingerprint density at radius 1 is 1.00 bits per heavy atom. The number of hydrogen-bond donors (Lipinski definition) is 4. The van der Waals surface area contributed by atoms with Crippen molar-refractivity contribution in [2.75, 3.05) is 31.7 Å². The summed E-state index contributed by atoms with van der Waals surface area (Å²) in [6, 6.07) is 20.3. The van der Waals surface area contributed by atoms with Crippen molar-refractivity contribution in [3.8, 4) is 16.9 Å². The molecule has 3 aromatic carbocycles. The first-order valence-corrected chi connectivity index (χ1v) is 13.7. The van der Waals surface area contributed by atoms with E-state index < -0.39 is 22.0 Å². The Balaban J connectivity index is 0.00000361. The van der Waals surface area contributed by atoms with Gasteiger partial charge >= 0.3 is 0 Å². The molecule has 38 heavy (non-hydrogen) atoms. The lowest BCUT2D eigenvalue weighted by molar-refractivity contribution is 0.0977. The minimum Gasteiger partial charge on any atom is -0.493 e. The van der Waals surface area contributed by atoms with Crippen LogP contribution in [0.2, 0.25) is 0 Å². The molecule has 0 heterocycles. The second kappa shape index (κ2) is 15.6. The summed E-state index contributed by atoms with van der Waals surface area (Å²) >= 11 is 0. The molecule has 11 heteroatoms. The predicted octanol–water partition coefficient (Wildman–Crippen LogP) is 4.12. The van der Waals surface area contributed by atoms with Crippen molar-refractivity contribution < 1.29 is 23.1 Å². The van der Waals surface area contributed by atoms with Crippen LogP contribution >= 0.6 is 24.8 Å². The third-order valence-corrected chi connectivity index (χ3v) is 6.06. The number of benzene rings is 3. The number of halogens is 2. The topological polar surface area (TPSA) is 131 Å². The molecule has 0 saturated carbocycles. The van der Waals surface area contributed by atoms with Crippen molar-refractivity contribution in [3.05, 3.63) is 83.4 Å². The van der Waals surface area contributed by atoms with Crippen LogP contribution in [0.1, 0.15) is 40.9 Å². The van der Waals surface area contributed by atoms with E-state index in [0.717, 1.165) is 41.4 Å². The van der Waals surface area contributed by atoms with E-state index in [4.69, 9.17) is 10.5 Å². The number of carbonyl (C=O) groups is 1. The van der Waals surface area contributed by atoms with Crippen LogP contribution in [0.4, 0.5) is 5.69 Å². The molecule has 0 radical (unpaired) electrons. The number of aliphatic hydroxyl groups excluding tert-OH is 1. The van der Waals surface area contributed by atoms with Gasteiger partial charge in [-0.15, -0.1) is 24.8 Å². The van der Waals surface area contributed by atoms with E-state index in [1.165, 1.54) is 0 Å². The van der Waals surface area contributed by atoms with Crippen molar-refractivity contribution in [2.24, 2.45) is 0 Å². The molecular formula is C27H35Cl2N3O5S. The molecule has 0 fully saturated rings. The Bertz CT molecular complexity index is 1270. The van der Waals surface area contributed by atoms with Gasteiger partial charge in [-0.2, -0.15) is 0 Å². The minimum atomic E-state index is -3.68. The Hall–Kier alpha value is -2.82. The standard InChI is InChI=1S/C27H33N3O5S.2ClH/c1-3-16-35-26-17-22(10-13-24(26)27(32)30-36(2,33)34)20-6-4-19(5-7-20)14-15-29-18-25(31)21-8-11-23(28)12-9-21;;/h4-13,17,25,29,31H,3,14-16,18,28H2,1-2H3,(H,30,32);2*1H/t25-;;/m1../s1. The van der Waals surface area contributed by atoms with Crippen molar-refractivity contribution in [3.63, 3.8) is 0 Å². The number of ether oxygens (including phenoxy) is 1.